The number of halogens is 3. The van der Waals surface area contributed by atoms with Gasteiger partial charge >= 0.3 is 6.18 Å². The van der Waals surface area contributed by atoms with Gasteiger partial charge in [-0.05, 0) is 56.4 Å². The molecule has 168 valence electrons. The molecule has 0 bridgehead atoms. The number of aliphatic hydroxyl groups excluding tert-OH is 1. The van der Waals surface area contributed by atoms with Gasteiger partial charge in [-0.15, -0.1) is 0 Å². The highest BCUT2D eigenvalue weighted by atomic mass is 32.2. The van der Waals surface area contributed by atoms with Gasteiger partial charge in [0, 0.05) is 17.9 Å². The van der Waals surface area contributed by atoms with Gasteiger partial charge in [0.25, 0.3) is 0 Å². The Bertz CT molecular complexity index is 1040. The lowest BCUT2D eigenvalue weighted by Gasteiger charge is -2.20. The van der Waals surface area contributed by atoms with E-state index >= 15 is 0 Å². The molecule has 0 amide bonds. The Morgan fingerprint density at radius 1 is 1.10 bits per heavy atom. The molecule has 2 atom stereocenters. The molecule has 0 radical (unpaired) electrons. The highest BCUT2D eigenvalue weighted by molar-refractivity contribution is 7.89. The zero-order valence-electron chi connectivity index (χ0n) is 16.3. The van der Waals surface area contributed by atoms with E-state index in [4.69, 9.17) is 4.74 Å². The van der Waals surface area contributed by atoms with Crippen molar-refractivity contribution in [3.8, 4) is 5.88 Å². The molecule has 1 aromatic carbocycles. The van der Waals surface area contributed by atoms with E-state index in [-0.39, 0.29) is 16.9 Å². The van der Waals surface area contributed by atoms with E-state index in [1.54, 1.807) is 0 Å². The number of aliphatic hydroxyl groups is 1. The maximum absolute atomic E-state index is 13.3. The molecule has 0 spiro atoms. The number of hydrogen-bond donors (Lipinski definition) is 3. The minimum absolute atomic E-state index is 0.0276. The van der Waals surface area contributed by atoms with Crippen molar-refractivity contribution < 1.29 is 31.4 Å². The third-order valence-electron chi connectivity index (χ3n) is 5.06. The lowest BCUT2D eigenvalue weighted by molar-refractivity contribution is -0.140. The van der Waals surface area contributed by atoms with Crippen molar-refractivity contribution >= 4 is 21.7 Å². The minimum Gasteiger partial charge on any atom is -0.471 e. The first-order chi connectivity index (χ1) is 14.6. The molecule has 2 aliphatic carbocycles. The summed E-state index contributed by atoms with van der Waals surface area (Å²) < 4.78 is 72.4. The maximum Gasteiger partial charge on any atom is 0.423 e. The van der Waals surface area contributed by atoms with Crippen molar-refractivity contribution in [1.29, 1.82) is 0 Å². The SMILES string of the molecule is O=S(=O)(NC1CC1)c1ccc(Nc2ncc(C(F)(F)F)c(O[C@H]3CCC[C@H]3O)n2)cc1. The summed E-state index contributed by atoms with van der Waals surface area (Å²) in [6.07, 6.45) is -2.58. The first-order valence-electron chi connectivity index (χ1n) is 9.80. The highest BCUT2D eigenvalue weighted by Gasteiger charge is 2.38. The summed E-state index contributed by atoms with van der Waals surface area (Å²) in [5.74, 6) is -0.814. The number of alkyl halides is 3. The normalized spacial score (nSPS) is 21.8. The van der Waals surface area contributed by atoms with E-state index in [9.17, 15) is 26.7 Å². The number of ether oxygens (including phenoxy) is 1. The molecule has 4 rings (SSSR count). The van der Waals surface area contributed by atoms with Crippen LogP contribution in [0.25, 0.3) is 0 Å². The Morgan fingerprint density at radius 2 is 1.81 bits per heavy atom. The van der Waals surface area contributed by atoms with Crippen LogP contribution in [-0.2, 0) is 16.2 Å². The van der Waals surface area contributed by atoms with Gasteiger partial charge in [0.15, 0.2) is 0 Å². The quantitative estimate of drug-likeness (QED) is 0.585. The van der Waals surface area contributed by atoms with Gasteiger partial charge in [-0.2, -0.15) is 18.2 Å². The summed E-state index contributed by atoms with van der Waals surface area (Å²) in [4.78, 5) is 7.62. The molecule has 8 nitrogen and oxygen atoms in total. The van der Waals surface area contributed by atoms with Crippen molar-refractivity contribution in [3.63, 3.8) is 0 Å². The van der Waals surface area contributed by atoms with Crippen LogP contribution in [0.1, 0.15) is 37.7 Å². The number of sulfonamides is 1. The molecule has 2 saturated carbocycles. The maximum atomic E-state index is 13.3. The number of hydrogen-bond acceptors (Lipinski definition) is 7. The zero-order valence-corrected chi connectivity index (χ0v) is 17.1. The number of rotatable bonds is 7. The summed E-state index contributed by atoms with van der Waals surface area (Å²) in [6.45, 7) is 0. The van der Waals surface area contributed by atoms with E-state index in [0.717, 1.165) is 12.8 Å². The van der Waals surface area contributed by atoms with Crippen molar-refractivity contribution in [3.05, 3.63) is 36.0 Å². The van der Waals surface area contributed by atoms with Crippen LogP contribution < -0.4 is 14.8 Å². The van der Waals surface area contributed by atoms with Gasteiger partial charge < -0.3 is 15.2 Å². The molecule has 0 aliphatic heterocycles. The van der Waals surface area contributed by atoms with Crippen molar-refractivity contribution in [1.82, 2.24) is 14.7 Å². The van der Waals surface area contributed by atoms with Gasteiger partial charge in [-0.25, -0.2) is 18.1 Å². The predicted molar refractivity (Wildman–Crippen MR) is 104 cm³/mol. The molecule has 0 unspecified atom stereocenters. The number of nitrogens with one attached hydrogen (secondary N) is 2. The number of nitrogens with zero attached hydrogens (tertiary/aromatic N) is 2. The lowest BCUT2D eigenvalue weighted by Crippen LogP contribution is -2.27. The number of benzene rings is 1. The van der Waals surface area contributed by atoms with Crippen LogP contribution in [0.2, 0.25) is 0 Å². The topological polar surface area (TPSA) is 113 Å². The first-order valence-corrected chi connectivity index (χ1v) is 11.3. The summed E-state index contributed by atoms with van der Waals surface area (Å²) >= 11 is 0. The highest BCUT2D eigenvalue weighted by Crippen LogP contribution is 2.37. The molecule has 3 N–H and O–H groups in total. The zero-order chi connectivity index (χ0) is 22.2. The molecule has 12 heteroatoms. The molecule has 2 aromatic rings. The van der Waals surface area contributed by atoms with Gasteiger partial charge in [-0.3, -0.25) is 0 Å². The van der Waals surface area contributed by atoms with Crippen LogP contribution in [0, 0.1) is 0 Å². The molecule has 31 heavy (non-hydrogen) atoms. The van der Waals surface area contributed by atoms with Gasteiger partial charge in [0.2, 0.25) is 21.9 Å². The molecular weight excluding hydrogens is 437 g/mol. The van der Waals surface area contributed by atoms with Gasteiger partial charge in [-0.1, -0.05) is 0 Å². The van der Waals surface area contributed by atoms with Crippen LogP contribution in [-0.4, -0.2) is 41.7 Å². The molecule has 0 saturated heterocycles. The van der Waals surface area contributed by atoms with Crippen molar-refractivity contribution in [2.24, 2.45) is 0 Å². The monoisotopic (exact) mass is 458 g/mol. The fraction of sp³-hybridized carbons (Fsp3) is 0.474. The summed E-state index contributed by atoms with van der Waals surface area (Å²) in [5.41, 5.74) is -0.748. The Hall–Kier alpha value is -2.44. The predicted octanol–water partition coefficient (Wildman–Crippen LogP) is 2.97. The van der Waals surface area contributed by atoms with E-state index in [2.05, 4.69) is 20.0 Å². The second kappa shape index (κ2) is 8.24. The smallest absolute Gasteiger partial charge is 0.423 e. The van der Waals surface area contributed by atoms with Crippen molar-refractivity contribution in [2.45, 2.75) is 61.4 Å². The van der Waals surface area contributed by atoms with Crippen LogP contribution in [0.4, 0.5) is 24.8 Å². The number of aromatic nitrogens is 2. The Morgan fingerprint density at radius 3 is 2.39 bits per heavy atom. The van der Waals surface area contributed by atoms with E-state index in [1.807, 2.05) is 0 Å². The van der Waals surface area contributed by atoms with Gasteiger partial charge in [0.05, 0.1) is 11.0 Å². The van der Waals surface area contributed by atoms with Crippen molar-refractivity contribution in [2.75, 3.05) is 5.32 Å². The van der Waals surface area contributed by atoms with Crippen LogP contribution >= 0.6 is 0 Å². The second-order valence-electron chi connectivity index (χ2n) is 7.61. The fourth-order valence-electron chi connectivity index (χ4n) is 3.23. The van der Waals surface area contributed by atoms with E-state index < -0.39 is 39.9 Å². The lowest BCUT2D eigenvalue weighted by atomic mass is 10.2. The fourth-order valence-corrected chi connectivity index (χ4v) is 4.54. The number of anilines is 2. The minimum atomic E-state index is -4.72. The molecule has 2 aliphatic rings. The average molecular weight is 458 g/mol. The summed E-state index contributed by atoms with van der Waals surface area (Å²) in [7, 11) is -3.61. The molecule has 2 fully saturated rings. The first kappa shape index (κ1) is 21.8. The average Bonchev–Trinajstić information content (AvgIpc) is 3.41. The van der Waals surface area contributed by atoms with Crippen LogP contribution in [0.5, 0.6) is 5.88 Å². The second-order valence-corrected chi connectivity index (χ2v) is 9.32. The van der Waals surface area contributed by atoms with Crippen LogP contribution in [0.3, 0.4) is 0 Å². The largest absolute Gasteiger partial charge is 0.471 e. The standard InChI is InChI=1S/C19H21F3N4O4S/c20-19(21,22)14-10-23-18(25-17(14)30-16-3-1-2-15(16)27)24-11-6-8-13(9-7-11)31(28,29)26-12-4-5-12/h6-10,12,15-16,26-27H,1-5H2,(H,23,24,25)/t15-,16+/m1/s1. The van der Waals surface area contributed by atoms with E-state index in [0.29, 0.717) is 31.1 Å². The third-order valence-corrected chi connectivity index (χ3v) is 6.60. The third kappa shape index (κ3) is 5.25. The van der Waals surface area contributed by atoms with Crippen LogP contribution in [0.15, 0.2) is 35.4 Å². The molecular formula is C19H21F3N4O4S. The van der Waals surface area contributed by atoms with E-state index in [1.165, 1.54) is 24.3 Å². The Balaban J connectivity index is 1.53. The Labute approximate surface area is 176 Å². The summed E-state index contributed by atoms with van der Waals surface area (Å²) in [6, 6.07) is 5.65. The van der Waals surface area contributed by atoms with Gasteiger partial charge in [0.1, 0.15) is 11.7 Å². The summed E-state index contributed by atoms with van der Waals surface area (Å²) in [5, 5.41) is 12.6. The molecule has 1 heterocycles. The molecule has 1 aromatic heterocycles. The Kier molecular flexibility index (Phi) is 5.79.